The lowest BCUT2D eigenvalue weighted by molar-refractivity contribution is -0.147. The fourth-order valence-corrected chi connectivity index (χ4v) is 2.83. The van der Waals surface area contributed by atoms with Gasteiger partial charge < -0.3 is 15.5 Å². The van der Waals surface area contributed by atoms with Gasteiger partial charge in [-0.05, 0) is 19.3 Å². The minimum Gasteiger partial charge on any atom is -0.347 e. The van der Waals surface area contributed by atoms with Gasteiger partial charge in [0.15, 0.2) is 5.78 Å². The van der Waals surface area contributed by atoms with Crippen LogP contribution in [0.1, 0.15) is 27.2 Å². The molecule has 25 heavy (non-hydrogen) atoms. The van der Waals surface area contributed by atoms with Crippen LogP contribution >= 0.6 is 0 Å². The topological polar surface area (TPSA) is 95.6 Å². The van der Waals surface area contributed by atoms with Crippen molar-refractivity contribution in [1.82, 2.24) is 15.5 Å². The Morgan fingerprint density at radius 1 is 1.36 bits per heavy atom. The molecule has 1 fully saturated rings. The van der Waals surface area contributed by atoms with Crippen molar-refractivity contribution in [3.63, 3.8) is 0 Å². The number of Topliss-reactive ketones (excluding diaryl/α,β-unsaturated/α-hetero) is 1. The molecule has 0 aromatic rings. The van der Waals surface area contributed by atoms with Crippen LogP contribution in [0, 0.1) is 11.8 Å². The first-order valence-corrected chi connectivity index (χ1v) is 8.50. The lowest BCUT2D eigenvalue weighted by atomic mass is 9.93. The molecule has 136 valence electrons. The summed E-state index contributed by atoms with van der Waals surface area (Å²) in [6.45, 7) is 5.19. The van der Waals surface area contributed by atoms with E-state index in [0.29, 0.717) is 6.42 Å². The van der Waals surface area contributed by atoms with E-state index in [0.717, 1.165) is 5.57 Å². The zero-order valence-electron chi connectivity index (χ0n) is 14.9. The van der Waals surface area contributed by atoms with E-state index in [1.165, 1.54) is 4.90 Å². The highest BCUT2D eigenvalue weighted by molar-refractivity contribution is 5.97. The monoisotopic (exact) mass is 347 g/mol. The number of allylic oxidation sites excluding steroid dienone is 4. The predicted molar refractivity (Wildman–Crippen MR) is 92.4 cm³/mol. The molecule has 2 N–H and O–H groups in total. The van der Waals surface area contributed by atoms with Crippen LogP contribution in [-0.2, 0) is 19.2 Å². The fourth-order valence-electron chi connectivity index (χ4n) is 2.83. The van der Waals surface area contributed by atoms with Gasteiger partial charge in [-0.15, -0.1) is 0 Å². The molecule has 1 aliphatic heterocycles. The van der Waals surface area contributed by atoms with Gasteiger partial charge in [-0.1, -0.05) is 37.6 Å². The van der Waals surface area contributed by atoms with Crippen LogP contribution < -0.4 is 10.6 Å². The zero-order chi connectivity index (χ0) is 18.6. The maximum atomic E-state index is 12.3. The van der Waals surface area contributed by atoms with Crippen molar-refractivity contribution in [3.05, 3.63) is 23.8 Å². The molecule has 1 unspecified atom stereocenters. The third-order valence-corrected chi connectivity index (χ3v) is 4.39. The Kier molecular flexibility index (Phi) is 6.12. The van der Waals surface area contributed by atoms with Crippen LogP contribution in [0.2, 0.25) is 0 Å². The summed E-state index contributed by atoms with van der Waals surface area (Å²) in [5.41, 5.74) is 1.12. The third-order valence-electron chi connectivity index (χ3n) is 4.39. The molecule has 0 bridgehead atoms. The van der Waals surface area contributed by atoms with Crippen LogP contribution in [0.15, 0.2) is 23.8 Å². The van der Waals surface area contributed by atoms with Gasteiger partial charge in [0.2, 0.25) is 17.7 Å². The number of hydrogen-bond donors (Lipinski definition) is 2. The van der Waals surface area contributed by atoms with Crippen molar-refractivity contribution in [2.24, 2.45) is 11.8 Å². The summed E-state index contributed by atoms with van der Waals surface area (Å²) in [4.78, 5) is 49.4. The number of amides is 3. The largest absolute Gasteiger partial charge is 0.347 e. The van der Waals surface area contributed by atoms with Crippen molar-refractivity contribution < 1.29 is 19.2 Å². The van der Waals surface area contributed by atoms with Crippen molar-refractivity contribution in [2.45, 2.75) is 33.2 Å². The third kappa shape index (κ3) is 5.01. The van der Waals surface area contributed by atoms with E-state index in [4.69, 9.17) is 0 Å². The molecule has 0 radical (unpaired) electrons. The second-order valence-electron chi connectivity index (χ2n) is 6.88. The van der Waals surface area contributed by atoms with Crippen LogP contribution in [-0.4, -0.2) is 54.1 Å². The second kappa shape index (κ2) is 8.09. The molecule has 1 heterocycles. The number of carbonyl (C=O) groups is 4. The molecule has 0 spiro atoms. The van der Waals surface area contributed by atoms with Crippen LogP contribution in [0.5, 0.6) is 0 Å². The lowest BCUT2D eigenvalue weighted by Gasteiger charge is -2.33. The molecule has 0 aromatic heterocycles. The highest BCUT2D eigenvalue weighted by Gasteiger charge is 2.35. The number of rotatable bonds is 6. The van der Waals surface area contributed by atoms with Crippen molar-refractivity contribution in [3.8, 4) is 0 Å². The molecule has 7 nitrogen and oxygen atoms in total. The SMILES string of the molecule is CC1=CCC(C(=O)CNC(=O)CN2CC(=O)N[C@@H](C(C)C)C2=O)C=C1. The van der Waals surface area contributed by atoms with Crippen molar-refractivity contribution in [1.29, 1.82) is 0 Å². The first-order chi connectivity index (χ1) is 11.8. The minimum atomic E-state index is -0.613. The number of ketones is 1. The smallest absolute Gasteiger partial charge is 0.246 e. The van der Waals surface area contributed by atoms with Gasteiger partial charge in [-0.3, -0.25) is 19.2 Å². The summed E-state index contributed by atoms with van der Waals surface area (Å²) >= 11 is 0. The molecule has 3 amide bonds. The van der Waals surface area contributed by atoms with Gasteiger partial charge in [0, 0.05) is 5.92 Å². The summed E-state index contributed by atoms with van der Waals surface area (Å²) in [7, 11) is 0. The molecular weight excluding hydrogens is 322 g/mol. The molecular formula is C18H25N3O4. The number of hydrogen-bond acceptors (Lipinski definition) is 4. The predicted octanol–water partition coefficient (Wildman–Crippen LogP) is 0.177. The Balaban J connectivity index is 1.83. The fraction of sp³-hybridized carbons (Fsp3) is 0.556. The van der Waals surface area contributed by atoms with Crippen LogP contribution in [0.4, 0.5) is 0 Å². The van der Waals surface area contributed by atoms with E-state index in [1.807, 2.05) is 39.0 Å². The quantitative estimate of drug-likeness (QED) is 0.716. The Morgan fingerprint density at radius 2 is 2.08 bits per heavy atom. The van der Waals surface area contributed by atoms with Crippen molar-refractivity contribution in [2.75, 3.05) is 19.6 Å². The standard InChI is InChI=1S/C18H25N3O4/c1-11(2)17-18(25)21(10-16(24)20-17)9-15(23)19-8-14(22)13-6-4-12(3)5-7-13/h4-6,11,13,17H,7-10H2,1-3H3,(H,19,23)(H,20,24)/t13?,17-/m0/s1. The highest BCUT2D eigenvalue weighted by atomic mass is 16.2. The average Bonchev–Trinajstić information content (AvgIpc) is 2.56. The molecule has 2 aliphatic rings. The molecule has 2 atom stereocenters. The molecule has 1 saturated heterocycles. The van der Waals surface area contributed by atoms with Crippen molar-refractivity contribution >= 4 is 23.5 Å². The lowest BCUT2D eigenvalue weighted by Crippen LogP contribution is -2.61. The summed E-state index contributed by atoms with van der Waals surface area (Å²) < 4.78 is 0. The zero-order valence-corrected chi connectivity index (χ0v) is 14.9. The molecule has 0 aromatic carbocycles. The second-order valence-corrected chi connectivity index (χ2v) is 6.88. The Labute approximate surface area is 147 Å². The number of nitrogens with one attached hydrogen (secondary N) is 2. The van der Waals surface area contributed by atoms with E-state index < -0.39 is 11.9 Å². The van der Waals surface area contributed by atoms with Gasteiger partial charge in [-0.25, -0.2) is 0 Å². The van der Waals surface area contributed by atoms with E-state index in [-0.39, 0.29) is 49.1 Å². The van der Waals surface area contributed by atoms with E-state index in [1.54, 1.807) is 0 Å². The maximum absolute atomic E-state index is 12.3. The number of carbonyl (C=O) groups excluding carboxylic acids is 4. The number of piperazine rings is 1. The first kappa shape index (κ1) is 18.9. The van der Waals surface area contributed by atoms with Gasteiger partial charge in [-0.2, -0.15) is 0 Å². The minimum absolute atomic E-state index is 0.0570. The summed E-state index contributed by atoms with van der Waals surface area (Å²) in [6, 6.07) is -0.613. The molecule has 1 aliphatic carbocycles. The highest BCUT2D eigenvalue weighted by Crippen LogP contribution is 2.16. The van der Waals surface area contributed by atoms with Gasteiger partial charge in [0.25, 0.3) is 0 Å². The number of nitrogens with zero attached hydrogens (tertiary/aromatic N) is 1. The van der Waals surface area contributed by atoms with E-state index in [2.05, 4.69) is 10.6 Å². The summed E-state index contributed by atoms with van der Waals surface area (Å²) in [6.07, 6.45) is 6.36. The Hall–Kier alpha value is -2.44. The maximum Gasteiger partial charge on any atom is 0.246 e. The summed E-state index contributed by atoms with van der Waals surface area (Å²) in [5, 5.41) is 5.19. The van der Waals surface area contributed by atoms with Gasteiger partial charge >= 0.3 is 0 Å². The average molecular weight is 347 g/mol. The summed E-state index contributed by atoms with van der Waals surface area (Å²) in [5.74, 6) is -1.35. The van der Waals surface area contributed by atoms with E-state index >= 15 is 0 Å². The first-order valence-electron chi connectivity index (χ1n) is 8.50. The van der Waals surface area contributed by atoms with E-state index in [9.17, 15) is 19.2 Å². The molecule has 7 heteroatoms. The Bertz CT molecular complexity index is 636. The van der Waals surface area contributed by atoms with Crippen LogP contribution in [0.3, 0.4) is 0 Å². The van der Waals surface area contributed by atoms with Gasteiger partial charge in [0.05, 0.1) is 6.54 Å². The Morgan fingerprint density at radius 3 is 2.68 bits per heavy atom. The van der Waals surface area contributed by atoms with Crippen LogP contribution in [0.25, 0.3) is 0 Å². The molecule has 0 saturated carbocycles. The van der Waals surface area contributed by atoms with Gasteiger partial charge in [0.1, 0.15) is 19.1 Å². The normalized spacial score (nSPS) is 23.4. The molecule has 2 rings (SSSR count).